The number of hydrogen-bond donors (Lipinski definition) is 0. The van der Waals surface area contributed by atoms with E-state index < -0.39 is 11.6 Å². The van der Waals surface area contributed by atoms with E-state index in [0.29, 0.717) is 11.8 Å². The van der Waals surface area contributed by atoms with Gasteiger partial charge in [0.1, 0.15) is 0 Å². The second kappa shape index (κ2) is 10.7. The molecular formula is C29H38F2. The highest BCUT2D eigenvalue weighted by Gasteiger charge is 2.26. The number of benzene rings is 2. The number of hydrogen-bond acceptors (Lipinski definition) is 0. The molecule has 31 heavy (non-hydrogen) atoms. The molecule has 0 radical (unpaired) electrons. The van der Waals surface area contributed by atoms with Crippen molar-refractivity contribution in [3.8, 4) is 0 Å². The van der Waals surface area contributed by atoms with Gasteiger partial charge in [0.05, 0.1) is 0 Å². The van der Waals surface area contributed by atoms with E-state index in [9.17, 15) is 8.78 Å². The maximum atomic E-state index is 13.5. The molecule has 0 amide bonds. The Morgan fingerprint density at radius 2 is 1.29 bits per heavy atom. The van der Waals surface area contributed by atoms with E-state index in [2.05, 4.69) is 37.3 Å². The van der Waals surface area contributed by atoms with Gasteiger partial charge in [-0.3, -0.25) is 0 Å². The first kappa shape index (κ1) is 22.5. The van der Waals surface area contributed by atoms with Crippen LogP contribution >= 0.6 is 0 Å². The summed E-state index contributed by atoms with van der Waals surface area (Å²) in [4.78, 5) is 0. The van der Waals surface area contributed by atoms with Gasteiger partial charge in [0.2, 0.25) is 0 Å². The van der Waals surface area contributed by atoms with Crippen LogP contribution in [-0.2, 0) is 0 Å². The van der Waals surface area contributed by atoms with Crippen LogP contribution in [0, 0.1) is 29.4 Å². The Labute approximate surface area is 187 Å². The molecule has 1 atom stereocenters. The summed E-state index contributed by atoms with van der Waals surface area (Å²) < 4.78 is 26.7. The summed E-state index contributed by atoms with van der Waals surface area (Å²) in [5.74, 6) is 2.30. The smallest absolute Gasteiger partial charge is 0.159 e. The second-order valence-corrected chi connectivity index (χ2v) is 10.4. The summed E-state index contributed by atoms with van der Waals surface area (Å²) in [6, 6.07) is 15.5. The number of halogens is 2. The van der Waals surface area contributed by atoms with Gasteiger partial charge in [-0.25, -0.2) is 8.78 Å². The minimum atomic E-state index is -0.735. The molecule has 2 aliphatic carbocycles. The van der Waals surface area contributed by atoms with Gasteiger partial charge in [0.25, 0.3) is 0 Å². The molecule has 2 aromatic rings. The van der Waals surface area contributed by atoms with Crippen LogP contribution in [0.25, 0.3) is 0 Å². The van der Waals surface area contributed by atoms with Gasteiger partial charge in [-0.05, 0) is 85.0 Å². The summed E-state index contributed by atoms with van der Waals surface area (Å²) in [5.41, 5.74) is 2.48. The third-order valence-electron chi connectivity index (χ3n) is 8.27. The summed E-state index contributed by atoms with van der Waals surface area (Å²) >= 11 is 0. The maximum Gasteiger partial charge on any atom is 0.159 e. The Morgan fingerprint density at radius 3 is 1.90 bits per heavy atom. The van der Waals surface area contributed by atoms with Crippen LogP contribution in [0.4, 0.5) is 8.78 Å². The van der Waals surface area contributed by atoms with Gasteiger partial charge >= 0.3 is 0 Å². The fourth-order valence-corrected chi connectivity index (χ4v) is 6.20. The Hall–Kier alpha value is -1.70. The lowest BCUT2D eigenvalue weighted by atomic mass is 9.73. The summed E-state index contributed by atoms with van der Waals surface area (Å²) in [6.07, 6.45) is 14.5. The van der Waals surface area contributed by atoms with Crippen LogP contribution in [0.5, 0.6) is 0 Å². The third-order valence-corrected chi connectivity index (χ3v) is 8.27. The molecule has 2 aromatic carbocycles. The van der Waals surface area contributed by atoms with Crippen molar-refractivity contribution >= 4 is 0 Å². The monoisotopic (exact) mass is 424 g/mol. The molecule has 168 valence electrons. The van der Waals surface area contributed by atoms with Crippen LogP contribution < -0.4 is 0 Å². The average Bonchev–Trinajstić information content (AvgIpc) is 2.81. The van der Waals surface area contributed by atoms with E-state index >= 15 is 0 Å². The number of rotatable bonds is 7. The molecule has 4 rings (SSSR count). The zero-order valence-corrected chi connectivity index (χ0v) is 19.0. The van der Waals surface area contributed by atoms with Gasteiger partial charge in [0.15, 0.2) is 11.6 Å². The quantitative estimate of drug-likeness (QED) is 0.416. The third kappa shape index (κ3) is 6.18. The fraction of sp³-hybridized carbons (Fsp3) is 0.586. The van der Waals surface area contributed by atoms with E-state index in [1.807, 2.05) is 0 Å². The zero-order chi connectivity index (χ0) is 21.6. The predicted octanol–water partition coefficient (Wildman–Crippen LogP) is 9.02. The first-order valence-corrected chi connectivity index (χ1v) is 12.6. The topological polar surface area (TPSA) is 0 Å². The van der Waals surface area contributed by atoms with E-state index in [0.717, 1.165) is 36.2 Å². The Morgan fingerprint density at radius 1 is 0.710 bits per heavy atom. The molecule has 0 nitrogen and oxygen atoms in total. The molecular weight excluding hydrogens is 386 g/mol. The summed E-state index contributed by atoms with van der Waals surface area (Å²) in [6.45, 7) is 2.39. The molecule has 2 saturated carbocycles. The van der Waals surface area contributed by atoms with E-state index in [-0.39, 0.29) is 0 Å². The van der Waals surface area contributed by atoms with Gasteiger partial charge in [-0.2, -0.15) is 0 Å². The largest absolute Gasteiger partial charge is 0.204 e. The lowest BCUT2D eigenvalue weighted by Crippen LogP contribution is -2.18. The van der Waals surface area contributed by atoms with Gasteiger partial charge < -0.3 is 0 Å². The second-order valence-electron chi connectivity index (χ2n) is 10.4. The van der Waals surface area contributed by atoms with Crippen molar-refractivity contribution in [3.63, 3.8) is 0 Å². The lowest BCUT2D eigenvalue weighted by Gasteiger charge is -2.33. The first-order chi connectivity index (χ1) is 15.1. The highest BCUT2D eigenvalue weighted by molar-refractivity contribution is 5.22. The van der Waals surface area contributed by atoms with Crippen molar-refractivity contribution in [3.05, 3.63) is 71.3 Å². The summed E-state index contributed by atoms with van der Waals surface area (Å²) in [7, 11) is 0. The highest BCUT2D eigenvalue weighted by atomic mass is 19.2. The van der Waals surface area contributed by atoms with E-state index in [1.165, 1.54) is 75.5 Å². The molecule has 2 fully saturated rings. The Kier molecular flexibility index (Phi) is 7.80. The molecule has 2 aliphatic rings. The van der Waals surface area contributed by atoms with Gasteiger partial charge in [-0.1, -0.05) is 81.8 Å². The lowest BCUT2D eigenvalue weighted by molar-refractivity contribution is 0.220. The molecule has 0 bridgehead atoms. The maximum absolute atomic E-state index is 13.5. The van der Waals surface area contributed by atoms with Crippen LogP contribution in [0.2, 0.25) is 0 Å². The minimum absolute atomic E-state index is 0.411. The highest BCUT2D eigenvalue weighted by Crippen LogP contribution is 2.41. The molecule has 0 aromatic heterocycles. The van der Waals surface area contributed by atoms with Crippen molar-refractivity contribution in [2.45, 2.75) is 89.4 Å². The molecule has 0 aliphatic heterocycles. The van der Waals surface area contributed by atoms with Crippen LogP contribution in [-0.4, -0.2) is 0 Å². The predicted molar refractivity (Wildman–Crippen MR) is 125 cm³/mol. The molecule has 2 heteroatoms. The van der Waals surface area contributed by atoms with E-state index in [4.69, 9.17) is 0 Å². The standard InChI is InChI=1S/C29H38F2/c1-21(25-5-3-2-4-6-25)19-24-11-9-22(10-12-24)7-8-23-13-15-26(16-14-23)27-17-18-28(30)29(31)20-27/h2-6,17-18,20-24,26H,7-16,19H2,1H3. The minimum Gasteiger partial charge on any atom is -0.204 e. The van der Waals surface area contributed by atoms with Crippen molar-refractivity contribution in [1.29, 1.82) is 0 Å². The Balaban J connectivity index is 1.14. The molecule has 1 unspecified atom stereocenters. The first-order valence-electron chi connectivity index (χ1n) is 12.6. The van der Waals surface area contributed by atoms with E-state index in [1.54, 1.807) is 6.07 Å². The van der Waals surface area contributed by atoms with Crippen molar-refractivity contribution in [2.75, 3.05) is 0 Å². The normalized spacial score (nSPS) is 27.7. The molecule has 0 heterocycles. The van der Waals surface area contributed by atoms with Crippen LogP contribution in [0.3, 0.4) is 0 Å². The van der Waals surface area contributed by atoms with Gasteiger partial charge in [-0.15, -0.1) is 0 Å². The SMILES string of the molecule is CC(CC1CCC(CCC2CCC(c3ccc(F)c(F)c3)CC2)CC1)c1ccccc1. The van der Waals surface area contributed by atoms with Crippen LogP contribution in [0.15, 0.2) is 48.5 Å². The van der Waals surface area contributed by atoms with Crippen molar-refractivity contribution < 1.29 is 8.78 Å². The zero-order valence-electron chi connectivity index (χ0n) is 19.0. The Bertz CT molecular complexity index is 799. The molecule has 0 saturated heterocycles. The fourth-order valence-electron chi connectivity index (χ4n) is 6.20. The van der Waals surface area contributed by atoms with Crippen LogP contribution in [0.1, 0.15) is 101 Å². The molecule has 0 N–H and O–H groups in total. The summed E-state index contributed by atoms with van der Waals surface area (Å²) in [5, 5.41) is 0. The van der Waals surface area contributed by atoms with Crippen molar-refractivity contribution in [2.24, 2.45) is 17.8 Å². The van der Waals surface area contributed by atoms with Crippen molar-refractivity contribution in [1.82, 2.24) is 0 Å². The molecule has 0 spiro atoms. The average molecular weight is 425 g/mol. The van der Waals surface area contributed by atoms with Gasteiger partial charge in [0, 0.05) is 0 Å².